The Morgan fingerprint density at radius 3 is 2.64 bits per heavy atom. The number of hydrazone groups is 1. The van der Waals surface area contributed by atoms with Crippen molar-refractivity contribution >= 4 is 5.71 Å². The lowest BCUT2D eigenvalue weighted by Crippen LogP contribution is -2.31. The summed E-state index contributed by atoms with van der Waals surface area (Å²) >= 11 is 0. The van der Waals surface area contributed by atoms with Gasteiger partial charge in [-0.1, -0.05) is 37.6 Å². The smallest absolute Gasteiger partial charge is 0.0751 e. The highest BCUT2D eigenvalue weighted by Gasteiger charge is 2.29. The van der Waals surface area contributed by atoms with Crippen LogP contribution in [0.4, 0.5) is 0 Å². The molecule has 136 valence electrons. The molecule has 2 aliphatic rings. The van der Waals surface area contributed by atoms with Crippen LogP contribution < -0.4 is 5.43 Å². The zero-order valence-electron chi connectivity index (χ0n) is 16.0. The normalized spacial score (nSPS) is 24.0. The van der Waals surface area contributed by atoms with E-state index in [4.69, 9.17) is 9.84 Å². The molecule has 3 nitrogen and oxygen atoms in total. The highest BCUT2D eigenvalue weighted by Crippen LogP contribution is 2.35. The van der Waals surface area contributed by atoms with E-state index < -0.39 is 0 Å². The topological polar surface area (TPSA) is 33.6 Å². The number of aryl methyl sites for hydroxylation is 1. The molecule has 0 amide bonds. The maximum absolute atomic E-state index is 5.91. The van der Waals surface area contributed by atoms with E-state index in [1.54, 1.807) is 0 Å². The summed E-state index contributed by atoms with van der Waals surface area (Å²) in [5.41, 5.74) is 9.97. The van der Waals surface area contributed by atoms with E-state index in [0.29, 0.717) is 12.0 Å². The summed E-state index contributed by atoms with van der Waals surface area (Å²) in [6, 6.07) is 9.04. The minimum atomic E-state index is 0.418. The number of fused-ring (bicyclic) bond motifs is 1. The van der Waals surface area contributed by atoms with Gasteiger partial charge in [0.2, 0.25) is 0 Å². The minimum absolute atomic E-state index is 0.418. The third-order valence-corrected chi connectivity index (χ3v) is 5.52. The van der Waals surface area contributed by atoms with Crippen LogP contribution in [0.25, 0.3) is 0 Å². The van der Waals surface area contributed by atoms with Gasteiger partial charge in [0, 0.05) is 18.2 Å². The van der Waals surface area contributed by atoms with Crippen molar-refractivity contribution < 1.29 is 4.74 Å². The largest absolute Gasteiger partial charge is 0.378 e. The molecule has 0 bridgehead atoms. The maximum Gasteiger partial charge on any atom is 0.0751 e. The van der Waals surface area contributed by atoms with Crippen molar-refractivity contribution in [2.45, 2.75) is 71.8 Å². The number of benzene rings is 1. The number of ether oxygens (including phenoxy) is 1. The summed E-state index contributed by atoms with van der Waals surface area (Å²) in [5.74, 6) is 0.459. The van der Waals surface area contributed by atoms with Gasteiger partial charge in [-0.25, -0.2) is 0 Å². The molecule has 2 unspecified atom stereocenters. The first kappa shape index (κ1) is 18.2. The molecule has 3 rings (SSSR count). The molecule has 1 saturated carbocycles. The standard InChI is InChI=1S/C22H32N2O/c1-4-7-17-10-12-18(13-11-17)22-21-9-6-8-19(25-5-2)14-15-20(21)16(3)23-24-22/h10-13,19,21,23H,4-9,14-15H2,1-3H3. The predicted molar refractivity (Wildman–Crippen MR) is 105 cm³/mol. The molecule has 1 heterocycles. The number of rotatable bonds is 5. The molecule has 1 aromatic rings. The minimum Gasteiger partial charge on any atom is -0.378 e. The van der Waals surface area contributed by atoms with Gasteiger partial charge in [-0.05, 0) is 69.1 Å². The van der Waals surface area contributed by atoms with Crippen molar-refractivity contribution in [1.82, 2.24) is 5.43 Å². The van der Waals surface area contributed by atoms with Crippen LogP contribution in [0.1, 0.15) is 70.4 Å². The Morgan fingerprint density at radius 1 is 1.12 bits per heavy atom. The number of hydrogen-bond donors (Lipinski definition) is 1. The number of nitrogens with one attached hydrogen (secondary N) is 1. The van der Waals surface area contributed by atoms with Crippen molar-refractivity contribution in [3.63, 3.8) is 0 Å². The van der Waals surface area contributed by atoms with E-state index in [9.17, 15) is 0 Å². The lowest BCUT2D eigenvalue weighted by molar-refractivity contribution is 0.0463. The molecule has 25 heavy (non-hydrogen) atoms. The van der Waals surface area contributed by atoms with E-state index >= 15 is 0 Å². The van der Waals surface area contributed by atoms with Crippen LogP contribution in [0, 0.1) is 5.92 Å². The van der Waals surface area contributed by atoms with Crippen molar-refractivity contribution in [1.29, 1.82) is 0 Å². The Hall–Kier alpha value is -1.61. The lowest BCUT2D eigenvalue weighted by atomic mass is 9.79. The van der Waals surface area contributed by atoms with E-state index in [1.807, 2.05) is 0 Å². The summed E-state index contributed by atoms with van der Waals surface area (Å²) in [4.78, 5) is 0. The Kier molecular flexibility index (Phi) is 6.30. The first-order valence-electron chi connectivity index (χ1n) is 9.97. The summed E-state index contributed by atoms with van der Waals surface area (Å²) in [5, 5.41) is 4.75. The molecule has 0 radical (unpaired) electrons. The van der Waals surface area contributed by atoms with Crippen LogP contribution in [0.3, 0.4) is 0 Å². The number of allylic oxidation sites excluding steroid dienone is 2. The Bertz CT molecular complexity index is 630. The molecule has 1 fully saturated rings. The first-order valence-corrected chi connectivity index (χ1v) is 9.97. The fourth-order valence-corrected chi connectivity index (χ4v) is 4.20. The molecular weight excluding hydrogens is 308 g/mol. The van der Waals surface area contributed by atoms with E-state index in [2.05, 4.69) is 50.5 Å². The van der Waals surface area contributed by atoms with Gasteiger partial charge in [0.15, 0.2) is 0 Å². The average Bonchev–Trinajstić information content (AvgIpc) is 2.60. The van der Waals surface area contributed by atoms with E-state index in [-0.39, 0.29) is 0 Å². The zero-order valence-corrected chi connectivity index (χ0v) is 16.0. The second-order valence-electron chi connectivity index (χ2n) is 7.31. The van der Waals surface area contributed by atoms with Crippen LogP contribution in [0.2, 0.25) is 0 Å². The molecule has 0 aromatic heterocycles. The number of hydrogen-bond acceptors (Lipinski definition) is 3. The van der Waals surface area contributed by atoms with Gasteiger partial charge < -0.3 is 4.74 Å². The van der Waals surface area contributed by atoms with Crippen LogP contribution in [0.15, 0.2) is 40.6 Å². The highest BCUT2D eigenvalue weighted by molar-refractivity contribution is 6.04. The second kappa shape index (κ2) is 8.66. The van der Waals surface area contributed by atoms with Crippen molar-refractivity contribution in [3.05, 3.63) is 46.7 Å². The maximum atomic E-state index is 5.91. The third kappa shape index (κ3) is 4.33. The molecule has 1 N–H and O–H groups in total. The highest BCUT2D eigenvalue weighted by atomic mass is 16.5. The van der Waals surface area contributed by atoms with Crippen LogP contribution in [0.5, 0.6) is 0 Å². The molecule has 0 saturated heterocycles. The molecule has 2 atom stereocenters. The van der Waals surface area contributed by atoms with Gasteiger partial charge in [-0.15, -0.1) is 0 Å². The van der Waals surface area contributed by atoms with Crippen LogP contribution >= 0.6 is 0 Å². The molecule has 1 aliphatic heterocycles. The predicted octanol–water partition coefficient (Wildman–Crippen LogP) is 5.21. The van der Waals surface area contributed by atoms with Gasteiger partial charge in [-0.3, -0.25) is 5.43 Å². The fraction of sp³-hybridized carbons (Fsp3) is 0.591. The van der Waals surface area contributed by atoms with Crippen molar-refractivity contribution in [2.75, 3.05) is 6.61 Å². The number of nitrogens with zero attached hydrogens (tertiary/aromatic N) is 1. The second-order valence-corrected chi connectivity index (χ2v) is 7.31. The van der Waals surface area contributed by atoms with Crippen molar-refractivity contribution in [2.24, 2.45) is 11.0 Å². The molecule has 0 spiro atoms. The molecule has 1 aromatic carbocycles. The van der Waals surface area contributed by atoms with Crippen LogP contribution in [-0.2, 0) is 11.2 Å². The third-order valence-electron chi connectivity index (χ3n) is 5.52. The summed E-state index contributed by atoms with van der Waals surface area (Å²) in [6.07, 6.45) is 8.55. The van der Waals surface area contributed by atoms with Gasteiger partial charge >= 0.3 is 0 Å². The molecular formula is C22H32N2O. The SMILES string of the molecule is CCCc1ccc(C2=NNC(C)=C3CCC(OCC)CCCC23)cc1. The summed E-state index contributed by atoms with van der Waals surface area (Å²) in [6.45, 7) is 7.32. The lowest BCUT2D eigenvalue weighted by Gasteiger charge is -2.32. The van der Waals surface area contributed by atoms with Crippen molar-refractivity contribution in [3.8, 4) is 0 Å². The fourth-order valence-electron chi connectivity index (χ4n) is 4.20. The van der Waals surface area contributed by atoms with E-state index in [0.717, 1.165) is 25.9 Å². The monoisotopic (exact) mass is 340 g/mol. The molecule has 3 heteroatoms. The average molecular weight is 341 g/mol. The summed E-state index contributed by atoms with van der Waals surface area (Å²) < 4.78 is 5.91. The Morgan fingerprint density at radius 2 is 1.92 bits per heavy atom. The first-order chi connectivity index (χ1) is 12.2. The van der Waals surface area contributed by atoms with Crippen LogP contribution in [-0.4, -0.2) is 18.4 Å². The van der Waals surface area contributed by atoms with Gasteiger partial charge in [-0.2, -0.15) is 5.10 Å². The Balaban J connectivity index is 1.79. The van der Waals surface area contributed by atoms with Gasteiger partial charge in [0.1, 0.15) is 0 Å². The molecule has 1 aliphatic carbocycles. The quantitative estimate of drug-likeness (QED) is 0.798. The Labute approximate surface area is 152 Å². The van der Waals surface area contributed by atoms with Gasteiger partial charge in [0.05, 0.1) is 11.8 Å². The van der Waals surface area contributed by atoms with E-state index in [1.165, 1.54) is 53.8 Å². The van der Waals surface area contributed by atoms with Gasteiger partial charge in [0.25, 0.3) is 0 Å². The summed E-state index contributed by atoms with van der Waals surface area (Å²) in [7, 11) is 0. The zero-order chi connectivity index (χ0) is 17.6.